The smallest absolute Gasteiger partial charge is 0.305 e. The van der Waals surface area contributed by atoms with Crippen LogP contribution in [0.4, 0.5) is 0 Å². The molecular formula is C73H129NO10. The van der Waals surface area contributed by atoms with Gasteiger partial charge in [0.1, 0.15) is 24.4 Å². The van der Waals surface area contributed by atoms with Crippen molar-refractivity contribution in [1.29, 1.82) is 0 Å². The number of amides is 1. The average Bonchev–Trinajstić information content (AvgIpc) is 3.52. The zero-order valence-electron chi connectivity index (χ0n) is 53.8. The molecule has 11 heteroatoms. The Morgan fingerprint density at radius 1 is 0.452 bits per heavy atom. The number of ether oxygens (including phenoxy) is 3. The highest BCUT2D eigenvalue weighted by Crippen LogP contribution is 2.23. The number of rotatable bonds is 60. The van der Waals surface area contributed by atoms with E-state index in [-0.39, 0.29) is 18.5 Å². The molecular weight excluding hydrogens is 1050 g/mol. The molecule has 6 N–H and O–H groups in total. The molecule has 0 saturated carbocycles. The number of nitrogens with one attached hydrogen (secondary N) is 1. The molecule has 7 unspecified atom stereocenters. The van der Waals surface area contributed by atoms with Crippen LogP contribution in [0.25, 0.3) is 0 Å². The first-order valence-electron chi connectivity index (χ1n) is 34.9. The van der Waals surface area contributed by atoms with Gasteiger partial charge < -0.3 is 45.1 Å². The van der Waals surface area contributed by atoms with Crippen molar-refractivity contribution in [2.24, 2.45) is 0 Å². The highest BCUT2D eigenvalue weighted by molar-refractivity contribution is 5.76. The van der Waals surface area contributed by atoms with E-state index in [1.165, 1.54) is 193 Å². The molecule has 1 aliphatic rings. The van der Waals surface area contributed by atoms with Crippen LogP contribution in [-0.2, 0) is 23.8 Å². The van der Waals surface area contributed by atoms with E-state index >= 15 is 0 Å². The molecule has 0 aromatic carbocycles. The van der Waals surface area contributed by atoms with Crippen molar-refractivity contribution in [2.75, 3.05) is 19.8 Å². The summed E-state index contributed by atoms with van der Waals surface area (Å²) < 4.78 is 16.7. The fourth-order valence-electron chi connectivity index (χ4n) is 10.5. The normalized spacial score (nSPS) is 18.6. The fraction of sp³-hybridized carbons (Fsp3) is 0.781. The predicted octanol–water partition coefficient (Wildman–Crippen LogP) is 17.7. The second-order valence-electron chi connectivity index (χ2n) is 23.8. The second kappa shape index (κ2) is 61.5. The third kappa shape index (κ3) is 49.9. The Labute approximate surface area is 514 Å². The molecule has 84 heavy (non-hydrogen) atoms. The Morgan fingerprint density at radius 2 is 0.845 bits per heavy atom. The van der Waals surface area contributed by atoms with Crippen molar-refractivity contribution < 1.29 is 49.3 Å². The van der Waals surface area contributed by atoms with Crippen LogP contribution in [-0.4, -0.2) is 100 Å². The van der Waals surface area contributed by atoms with Crippen molar-refractivity contribution >= 4 is 11.9 Å². The van der Waals surface area contributed by atoms with Crippen LogP contribution < -0.4 is 5.32 Å². The van der Waals surface area contributed by atoms with Crippen LogP contribution in [0.15, 0.2) is 85.1 Å². The lowest BCUT2D eigenvalue weighted by molar-refractivity contribution is -0.302. The van der Waals surface area contributed by atoms with Crippen LogP contribution in [0.2, 0.25) is 0 Å². The summed E-state index contributed by atoms with van der Waals surface area (Å²) in [6, 6.07) is -0.834. The molecule has 1 saturated heterocycles. The van der Waals surface area contributed by atoms with Gasteiger partial charge in [-0.25, -0.2) is 0 Å². The van der Waals surface area contributed by atoms with Crippen molar-refractivity contribution in [1.82, 2.24) is 5.32 Å². The maximum absolute atomic E-state index is 13.0. The third-order valence-corrected chi connectivity index (χ3v) is 15.9. The molecule has 11 nitrogen and oxygen atoms in total. The van der Waals surface area contributed by atoms with Crippen LogP contribution >= 0.6 is 0 Å². The van der Waals surface area contributed by atoms with Gasteiger partial charge in [-0.2, -0.15) is 0 Å². The van der Waals surface area contributed by atoms with Crippen molar-refractivity contribution in [3.8, 4) is 0 Å². The topological polar surface area (TPSA) is 175 Å². The Kier molecular flexibility index (Phi) is 57.7. The minimum absolute atomic E-state index is 0.00970. The fourth-order valence-corrected chi connectivity index (χ4v) is 10.5. The van der Waals surface area contributed by atoms with Crippen LogP contribution in [0.1, 0.15) is 303 Å². The lowest BCUT2D eigenvalue weighted by Gasteiger charge is -2.40. The zero-order chi connectivity index (χ0) is 60.9. The van der Waals surface area contributed by atoms with Gasteiger partial charge in [0.15, 0.2) is 6.29 Å². The number of hydrogen-bond donors (Lipinski definition) is 6. The Balaban J connectivity index is 1.94. The SMILES string of the molecule is CC/C=C/CC/C=C/CC/C=C/C(O)C(COC1OC(CO)C(O)C(O)C1O)NC(=O)CCCCCCCCCCCCCCCCCCC/C=C\C/C=C\CCCCCCCCCCCOC(=O)CCCCCCC/C=C\C/C=C\CCC. The number of unbranched alkanes of at least 4 members (excludes halogenated alkanes) is 34. The van der Waals surface area contributed by atoms with Crippen molar-refractivity contribution in [3.63, 3.8) is 0 Å². The third-order valence-electron chi connectivity index (χ3n) is 15.9. The standard InChI is InChI=1S/C73H129NO10/c1-3-5-7-9-11-13-15-37-41-45-49-53-57-61-69(78)82-62-58-54-50-46-42-39-36-34-32-30-28-26-24-22-20-18-16-17-19-21-23-25-27-29-31-33-35-38-40-44-48-52-56-60-68(77)74-65(64-83-73-72(81)71(80)70(79)67(63-75)84-73)66(76)59-55-51-47-43-14-12-10-8-6-4-2/h6-9,13-15,20,22,26,28,43,55,59,65-67,70-73,75-76,79-81H,3-5,10-12,16-19,21,23-25,27,29-42,44-54,56-58,60-64H2,1-2H3,(H,74,77)/b8-6+,9-7-,15-13-,22-20-,28-26-,43-14+,59-55+. The van der Waals surface area contributed by atoms with E-state index in [4.69, 9.17) is 14.2 Å². The minimum Gasteiger partial charge on any atom is -0.466 e. The number of hydrogen-bond acceptors (Lipinski definition) is 10. The monoisotopic (exact) mass is 1180 g/mol. The second-order valence-corrected chi connectivity index (χ2v) is 23.8. The van der Waals surface area contributed by atoms with Crippen molar-refractivity contribution in [2.45, 2.75) is 346 Å². The van der Waals surface area contributed by atoms with Gasteiger partial charge in [0.05, 0.1) is 32.0 Å². The minimum atomic E-state index is -1.58. The Morgan fingerprint density at radius 3 is 1.30 bits per heavy atom. The van der Waals surface area contributed by atoms with Gasteiger partial charge in [0.2, 0.25) is 5.91 Å². The van der Waals surface area contributed by atoms with Gasteiger partial charge in [-0.15, -0.1) is 0 Å². The van der Waals surface area contributed by atoms with Crippen LogP contribution in [0.3, 0.4) is 0 Å². The molecule has 1 fully saturated rings. The quantitative estimate of drug-likeness (QED) is 0.0195. The van der Waals surface area contributed by atoms with E-state index in [0.717, 1.165) is 83.5 Å². The highest BCUT2D eigenvalue weighted by atomic mass is 16.7. The summed E-state index contributed by atoms with van der Waals surface area (Å²) in [5, 5.41) is 54.3. The van der Waals surface area contributed by atoms with Gasteiger partial charge in [-0.1, -0.05) is 266 Å². The zero-order valence-corrected chi connectivity index (χ0v) is 53.8. The summed E-state index contributed by atoms with van der Waals surface area (Å²) >= 11 is 0. The number of allylic oxidation sites excluding steroid dienone is 13. The molecule has 0 aromatic heterocycles. The van der Waals surface area contributed by atoms with E-state index < -0.39 is 49.5 Å². The van der Waals surface area contributed by atoms with E-state index in [1.54, 1.807) is 6.08 Å². The Bertz CT molecular complexity index is 1670. The summed E-state index contributed by atoms with van der Waals surface area (Å²) in [7, 11) is 0. The number of aliphatic hydroxyl groups excluding tert-OH is 5. The maximum Gasteiger partial charge on any atom is 0.305 e. The molecule has 0 bridgehead atoms. The first-order valence-corrected chi connectivity index (χ1v) is 34.9. The lowest BCUT2D eigenvalue weighted by Crippen LogP contribution is -2.60. The van der Waals surface area contributed by atoms with Crippen molar-refractivity contribution in [3.05, 3.63) is 85.1 Å². The Hall–Kier alpha value is -3.16. The molecule has 0 aliphatic carbocycles. The highest BCUT2D eigenvalue weighted by Gasteiger charge is 2.44. The number of carbonyl (C=O) groups is 2. The van der Waals surface area contributed by atoms with Gasteiger partial charge in [-0.05, 0) is 109 Å². The summed E-state index contributed by atoms with van der Waals surface area (Å²) in [4.78, 5) is 25.1. The van der Waals surface area contributed by atoms with Gasteiger partial charge >= 0.3 is 5.97 Å². The van der Waals surface area contributed by atoms with E-state index in [9.17, 15) is 35.1 Å². The lowest BCUT2D eigenvalue weighted by atomic mass is 9.99. The largest absolute Gasteiger partial charge is 0.466 e. The maximum atomic E-state index is 13.0. The molecule has 7 atom stereocenters. The molecule has 1 heterocycles. The van der Waals surface area contributed by atoms with Crippen LogP contribution in [0, 0.1) is 0 Å². The molecule has 1 rings (SSSR count). The molecule has 0 radical (unpaired) electrons. The number of esters is 1. The first-order chi connectivity index (χ1) is 41.2. The number of carbonyl (C=O) groups excluding carboxylic acids is 2. The van der Waals surface area contributed by atoms with Gasteiger partial charge in [0, 0.05) is 12.8 Å². The summed E-state index contributed by atoms with van der Waals surface area (Å²) in [5.74, 6) is -0.207. The first kappa shape index (κ1) is 78.9. The molecule has 1 aliphatic heterocycles. The molecule has 1 amide bonds. The summed E-state index contributed by atoms with van der Waals surface area (Å²) in [5.41, 5.74) is 0. The molecule has 0 aromatic rings. The number of aliphatic hydroxyl groups is 5. The van der Waals surface area contributed by atoms with Gasteiger partial charge in [0.25, 0.3) is 0 Å². The average molecular weight is 1180 g/mol. The van der Waals surface area contributed by atoms with E-state index in [2.05, 4.69) is 92.1 Å². The van der Waals surface area contributed by atoms with Gasteiger partial charge in [-0.3, -0.25) is 9.59 Å². The summed E-state index contributed by atoms with van der Waals surface area (Å²) in [6.07, 6.45) is 74.6. The molecule has 486 valence electrons. The van der Waals surface area contributed by atoms with E-state index in [0.29, 0.717) is 19.4 Å². The van der Waals surface area contributed by atoms with Crippen LogP contribution in [0.5, 0.6) is 0 Å². The molecule has 0 spiro atoms. The van der Waals surface area contributed by atoms with E-state index in [1.807, 2.05) is 6.08 Å². The summed E-state index contributed by atoms with van der Waals surface area (Å²) in [6.45, 7) is 4.14. The predicted molar refractivity (Wildman–Crippen MR) is 352 cm³/mol.